The number of hydrogen-bond acceptors (Lipinski definition) is 2. The Bertz CT molecular complexity index is 559. The van der Waals surface area contributed by atoms with Crippen molar-refractivity contribution in [2.45, 2.75) is 31.1 Å². The van der Waals surface area contributed by atoms with Gasteiger partial charge in [0.2, 0.25) is 0 Å². The molecule has 0 heterocycles. The summed E-state index contributed by atoms with van der Waals surface area (Å²) in [6.45, 7) is 0.712. The lowest BCUT2D eigenvalue weighted by Crippen LogP contribution is -2.54. The van der Waals surface area contributed by atoms with Crippen molar-refractivity contribution < 1.29 is 4.74 Å². The van der Waals surface area contributed by atoms with E-state index in [4.69, 9.17) is 4.74 Å². The fourth-order valence-electron chi connectivity index (χ4n) is 3.21. The predicted octanol–water partition coefficient (Wildman–Crippen LogP) is 3.82. The minimum absolute atomic E-state index is 0.141. The molecule has 3 rings (SSSR count). The molecular formula is C19H23NO. The maximum Gasteiger partial charge on any atom is 0.0720 e. The Labute approximate surface area is 127 Å². The molecule has 1 aliphatic rings. The lowest BCUT2D eigenvalue weighted by Gasteiger charge is -2.52. The average Bonchev–Trinajstić information content (AvgIpc) is 2.48. The van der Waals surface area contributed by atoms with Crippen LogP contribution < -0.4 is 0 Å². The van der Waals surface area contributed by atoms with Crippen LogP contribution in [0.2, 0.25) is 0 Å². The third kappa shape index (κ3) is 2.87. The van der Waals surface area contributed by atoms with Gasteiger partial charge in [-0.3, -0.25) is 4.90 Å². The molecule has 2 nitrogen and oxygen atoms in total. The highest BCUT2D eigenvalue weighted by Gasteiger charge is 2.47. The van der Waals surface area contributed by atoms with E-state index in [-0.39, 0.29) is 5.54 Å². The third-order valence-corrected chi connectivity index (χ3v) is 4.63. The van der Waals surface area contributed by atoms with Crippen molar-refractivity contribution in [3.63, 3.8) is 0 Å². The summed E-state index contributed by atoms with van der Waals surface area (Å²) in [6.07, 6.45) is 2.49. The molecule has 0 unspecified atom stereocenters. The molecule has 0 spiro atoms. The monoisotopic (exact) mass is 281 g/mol. The van der Waals surface area contributed by atoms with Crippen molar-refractivity contribution in [2.75, 3.05) is 14.1 Å². The Hall–Kier alpha value is -1.64. The third-order valence-electron chi connectivity index (χ3n) is 4.63. The van der Waals surface area contributed by atoms with Gasteiger partial charge in [-0.25, -0.2) is 0 Å². The highest BCUT2D eigenvalue weighted by Crippen LogP contribution is 2.46. The highest BCUT2D eigenvalue weighted by molar-refractivity contribution is 5.28. The second-order valence-electron chi connectivity index (χ2n) is 6.12. The van der Waals surface area contributed by atoms with E-state index in [2.05, 4.69) is 73.6 Å². The molecule has 0 radical (unpaired) electrons. The van der Waals surface area contributed by atoms with Gasteiger partial charge < -0.3 is 4.74 Å². The Kier molecular flexibility index (Phi) is 4.09. The molecule has 21 heavy (non-hydrogen) atoms. The van der Waals surface area contributed by atoms with Gasteiger partial charge >= 0.3 is 0 Å². The topological polar surface area (TPSA) is 12.5 Å². The predicted molar refractivity (Wildman–Crippen MR) is 86.1 cm³/mol. The summed E-state index contributed by atoms with van der Waals surface area (Å²) in [5.41, 5.74) is 2.79. The van der Waals surface area contributed by atoms with Crippen molar-refractivity contribution in [2.24, 2.45) is 0 Å². The summed E-state index contributed by atoms with van der Waals surface area (Å²) in [5, 5.41) is 0. The summed E-state index contributed by atoms with van der Waals surface area (Å²) in [4.78, 5) is 2.34. The zero-order valence-electron chi connectivity index (χ0n) is 12.8. The second kappa shape index (κ2) is 6.00. The Balaban J connectivity index is 1.62. The molecule has 2 aromatic carbocycles. The quantitative estimate of drug-likeness (QED) is 0.826. The molecule has 0 atom stereocenters. The molecule has 0 bridgehead atoms. The van der Waals surface area contributed by atoms with E-state index in [0.29, 0.717) is 12.7 Å². The van der Waals surface area contributed by atoms with Crippen LogP contribution >= 0.6 is 0 Å². The van der Waals surface area contributed by atoms with E-state index in [9.17, 15) is 0 Å². The van der Waals surface area contributed by atoms with Crippen LogP contribution in [0.5, 0.6) is 0 Å². The van der Waals surface area contributed by atoms with Crippen LogP contribution in [0, 0.1) is 0 Å². The van der Waals surface area contributed by atoms with Gasteiger partial charge in [-0.1, -0.05) is 60.7 Å². The maximum atomic E-state index is 6.06. The zero-order valence-corrected chi connectivity index (χ0v) is 12.8. The Morgan fingerprint density at radius 1 is 0.952 bits per heavy atom. The minimum atomic E-state index is 0.141. The van der Waals surface area contributed by atoms with E-state index in [0.717, 1.165) is 12.8 Å². The van der Waals surface area contributed by atoms with Crippen LogP contribution in [-0.4, -0.2) is 25.1 Å². The molecule has 0 saturated heterocycles. The minimum Gasteiger partial charge on any atom is -0.373 e. The van der Waals surface area contributed by atoms with Crippen LogP contribution in [0.1, 0.15) is 24.0 Å². The number of nitrogens with zero attached hydrogens (tertiary/aromatic N) is 1. The number of ether oxygens (including phenoxy) is 1. The van der Waals surface area contributed by atoms with Gasteiger partial charge in [0.1, 0.15) is 0 Å². The largest absolute Gasteiger partial charge is 0.373 e. The first kappa shape index (κ1) is 14.3. The molecule has 0 aliphatic heterocycles. The fraction of sp³-hybridized carbons (Fsp3) is 0.368. The van der Waals surface area contributed by atoms with E-state index < -0.39 is 0 Å². The zero-order chi connectivity index (χ0) is 14.7. The van der Waals surface area contributed by atoms with Gasteiger partial charge in [-0.15, -0.1) is 0 Å². The fourth-order valence-corrected chi connectivity index (χ4v) is 3.21. The lowest BCUT2D eigenvalue weighted by molar-refractivity contribution is -0.103. The van der Waals surface area contributed by atoms with Gasteiger partial charge in [0.05, 0.1) is 18.2 Å². The normalized spacial score (nSPS) is 24.8. The average molecular weight is 281 g/mol. The Morgan fingerprint density at radius 2 is 1.52 bits per heavy atom. The molecule has 110 valence electrons. The van der Waals surface area contributed by atoms with E-state index in [1.165, 1.54) is 11.1 Å². The summed E-state index contributed by atoms with van der Waals surface area (Å²) < 4.78 is 6.06. The molecule has 1 fully saturated rings. The van der Waals surface area contributed by atoms with Crippen molar-refractivity contribution >= 4 is 0 Å². The molecule has 2 heteroatoms. The standard InChI is InChI=1S/C19H23NO/c1-20(2)19(17-11-7-4-8-12-17)13-18(14-19)21-15-16-9-5-3-6-10-16/h3-12,18H,13-15H2,1-2H3. The Morgan fingerprint density at radius 3 is 2.10 bits per heavy atom. The number of hydrogen-bond donors (Lipinski definition) is 0. The first-order valence-electron chi connectivity index (χ1n) is 7.59. The van der Waals surface area contributed by atoms with Gasteiger partial charge in [0.25, 0.3) is 0 Å². The van der Waals surface area contributed by atoms with Crippen molar-refractivity contribution in [1.29, 1.82) is 0 Å². The van der Waals surface area contributed by atoms with Crippen LogP contribution in [0.3, 0.4) is 0 Å². The van der Waals surface area contributed by atoms with Gasteiger partial charge in [0.15, 0.2) is 0 Å². The molecule has 0 aromatic heterocycles. The van der Waals surface area contributed by atoms with Crippen LogP contribution in [0.15, 0.2) is 60.7 Å². The molecule has 1 aliphatic carbocycles. The van der Waals surface area contributed by atoms with Crippen molar-refractivity contribution in [3.8, 4) is 0 Å². The molecular weight excluding hydrogens is 258 g/mol. The van der Waals surface area contributed by atoms with E-state index >= 15 is 0 Å². The van der Waals surface area contributed by atoms with Gasteiger partial charge in [-0.05, 0) is 38.1 Å². The maximum absolute atomic E-state index is 6.06. The summed E-state index contributed by atoms with van der Waals surface area (Å²) >= 11 is 0. The van der Waals surface area contributed by atoms with Crippen molar-refractivity contribution in [3.05, 3.63) is 71.8 Å². The van der Waals surface area contributed by atoms with Gasteiger partial charge in [-0.2, -0.15) is 0 Å². The van der Waals surface area contributed by atoms with Crippen LogP contribution in [0.25, 0.3) is 0 Å². The van der Waals surface area contributed by atoms with E-state index in [1.807, 2.05) is 6.07 Å². The molecule has 2 aromatic rings. The SMILES string of the molecule is CN(C)C1(c2ccccc2)CC(OCc2ccccc2)C1. The second-order valence-corrected chi connectivity index (χ2v) is 6.12. The lowest BCUT2D eigenvalue weighted by atomic mass is 9.68. The summed E-state index contributed by atoms with van der Waals surface area (Å²) in [7, 11) is 4.33. The van der Waals surface area contributed by atoms with Crippen LogP contribution in [0.4, 0.5) is 0 Å². The smallest absolute Gasteiger partial charge is 0.0720 e. The van der Waals surface area contributed by atoms with Crippen molar-refractivity contribution in [1.82, 2.24) is 4.90 Å². The molecule has 0 amide bonds. The number of benzene rings is 2. The first-order valence-corrected chi connectivity index (χ1v) is 7.59. The first-order chi connectivity index (χ1) is 10.2. The van der Waals surface area contributed by atoms with Gasteiger partial charge in [0, 0.05) is 0 Å². The summed E-state index contributed by atoms with van der Waals surface area (Å²) in [5.74, 6) is 0. The molecule has 1 saturated carbocycles. The highest BCUT2D eigenvalue weighted by atomic mass is 16.5. The van der Waals surface area contributed by atoms with E-state index in [1.54, 1.807) is 0 Å². The molecule has 0 N–H and O–H groups in total. The summed E-state index contributed by atoms with van der Waals surface area (Å²) in [6, 6.07) is 21.2. The number of rotatable bonds is 5. The van der Waals surface area contributed by atoms with Crippen LogP contribution in [-0.2, 0) is 16.9 Å².